The van der Waals surface area contributed by atoms with E-state index in [9.17, 15) is 4.79 Å². The fourth-order valence-corrected chi connectivity index (χ4v) is 0.891. The molecule has 0 spiro atoms. The maximum Gasteiger partial charge on any atom is 0.428 e. The zero-order valence-electron chi connectivity index (χ0n) is 7.51. The van der Waals surface area contributed by atoms with E-state index in [1.165, 1.54) is 19.3 Å². The van der Waals surface area contributed by atoms with Gasteiger partial charge in [-0.1, -0.05) is 32.6 Å². The standard InChI is InChI=1S/C8H17NO3/c1-2-3-4-5-6-7-12-9-8(10)11/h9H,2-7H2,1H3,(H,10,11). The van der Waals surface area contributed by atoms with Gasteiger partial charge in [0.15, 0.2) is 0 Å². The Labute approximate surface area is 72.9 Å². The van der Waals surface area contributed by atoms with Gasteiger partial charge < -0.3 is 5.11 Å². The number of hydroxylamine groups is 1. The van der Waals surface area contributed by atoms with Crippen molar-refractivity contribution in [2.24, 2.45) is 0 Å². The van der Waals surface area contributed by atoms with Crippen molar-refractivity contribution in [1.82, 2.24) is 5.48 Å². The second-order valence-electron chi connectivity index (χ2n) is 2.67. The van der Waals surface area contributed by atoms with E-state index >= 15 is 0 Å². The first kappa shape index (κ1) is 11.2. The Kier molecular flexibility index (Phi) is 7.79. The summed E-state index contributed by atoms with van der Waals surface area (Å²) < 4.78 is 0. The van der Waals surface area contributed by atoms with Crippen LogP contribution in [-0.2, 0) is 4.84 Å². The van der Waals surface area contributed by atoms with Gasteiger partial charge in [-0.25, -0.2) is 4.79 Å². The Morgan fingerprint density at radius 1 is 1.33 bits per heavy atom. The number of carbonyl (C=O) groups is 1. The monoisotopic (exact) mass is 175 g/mol. The summed E-state index contributed by atoms with van der Waals surface area (Å²) in [5.41, 5.74) is 1.85. The fourth-order valence-electron chi connectivity index (χ4n) is 0.891. The molecule has 0 atom stereocenters. The van der Waals surface area contributed by atoms with Crippen LogP contribution in [0.3, 0.4) is 0 Å². The van der Waals surface area contributed by atoms with Crippen LogP contribution in [0.25, 0.3) is 0 Å². The largest absolute Gasteiger partial charge is 0.464 e. The predicted octanol–water partition coefficient (Wildman–Crippen LogP) is 2.16. The molecule has 72 valence electrons. The van der Waals surface area contributed by atoms with Gasteiger partial charge in [0.25, 0.3) is 0 Å². The van der Waals surface area contributed by atoms with Crippen molar-refractivity contribution in [2.45, 2.75) is 39.0 Å². The molecule has 0 bridgehead atoms. The van der Waals surface area contributed by atoms with Crippen LogP contribution in [0, 0.1) is 0 Å². The fraction of sp³-hybridized carbons (Fsp3) is 0.875. The lowest BCUT2D eigenvalue weighted by atomic mass is 10.2. The highest BCUT2D eigenvalue weighted by Gasteiger charge is 1.93. The normalized spacial score (nSPS) is 9.75. The molecule has 0 heterocycles. The molecule has 0 rings (SSSR count). The quantitative estimate of drug-likeness (QED) is 0.460. The molecule has 0 aliphatic heterocycles. The van der Waals surface area contributed by atoms with Crippen molar-refractivity contribution in [3.63, 3.8) is 0 Å². The van der Waals surface area contributed by atoms with Crippen molar-refractivity contribution in [1.29, 1.82) is 0 Å². The summed E-state index contributed by atoms with van der Waals surface area (Å²) in [6.45, 7) is 2.62. The van der Waals surface area contributed by atoms with Crippen LogP contribution in [0.4, 0.5) is 4.79 Å². The molecule has 0 fully saturated rings. The van der Waals surface area contributed by atoms with E-state index in [-0.39, 0.29) is 0 Å². The van der Waals surface area contributed by atoms with Crippen LogP contribution in [-0.4, -0.2) is 17.8 Å². The Morgan fingerprint density at radius 2 is 2.00 bits per heavy atom. The maximum absolute atomic E-state index is 9.90. The van der Waals surface area contributed by atoms with Crippen LogP contribution in [0.15, 0.2) is 0 Å². The SMILES string of the molecule is CCCCCCCONC(=O)O. The zero-order valence-corrected chi connectivity index (χ0v) is 7.51. The van der Waals surface area contributed by atoms with Gasteiger partial charge in [-0.05, 0) is 6.42 Å². The Balaban J connectivity index is 2.86. The first-order chi connectivity index (χ1) is 5.77. The number of carboxylic acid groups (broad SMARTS) is 1. The van der Waals surface area contributed by atoms with Gasteiger partial charge in [0, 0.05) is 0 Å². The first-order valence-corrected chi connectivity index (χ1v) is 4.38. The van der Waals surface area contributed by atoms with Crippen LogP contribution < -0.4 is 5.48 Å². The number of hydrogen-bond donors (Lipinski definition) is 2. The molecule has 0 aromatic carbocycles. The third-order valence-corrected chi connectivity index (χ3v) is 1.51. The topological polar surface area (TPSA) is 58.6 Å². The second-order valence-corrected chi connectivity index (χ2v) is 2.67. The molecule has 0 aromatic rings. The van der Waals surface area contributed by atoms with Gasteiger partial charge in [-0.15, -0.1) is 0 Å². The van der Waals surface area contributed by atoms with E-state index in [0.29, 0.717) is 6.61 Å². The molecule has 0 saturated carbocycles. The van der Waals surface area contributed by atoms with Crippen LogP contribution in [0.5, 0.6) is 0 Å². The molecule has 4 heteroatoms. The second kappa shape index (κ2) is 8.33. The lowest BCUT2D eigenvalue weighted by Gasteiger charge is -2.01. The minimum atomic E-state index is -1.14. The third-order valence-electron chi connectivity index (χ3n) is 1.51. The van der Waals surface area contributed by atoms with E-state index in [4.69, 9.17) is 5.11 Å². The zero-order chi connectivity index (χ0) is 9.23. The molecule has 0 radical (unpaired) electrons. The van der Waals surface area contributed by atoms with Gasteiger partial charge in [0.1, 0.15) is 0 Å². The van der Waals surface area contributed by atoms with E-state index in [0.717, 1.165) is 12.8 Å². The van der Waals surface area contributed by atoms with Gasteiger partial charge in [-0.3, -0.25) is 4.84 Å². The lowest BCUT2D eigenvalue weighted by Crippen LogP contribution is -2.21. The molecule has 0 aliphatic carbocycles. The molecule has 1 amide bonds. The third kappa shape index (κ3) is 9.23. The molecule has 12 heavy (non-hydrogen) atoms. The molecule has 0 saturated heterocycles. The average molecular weight is 175 g/mol. The molecule has 0 aliphatic rings. The summed E-state index contributed by atoms with van der Waals surface area (Å²) >= 11 is 0. The van der Waals surface area contributed by atoms with E-state index in [1.54, 1.807) is 0 Å². The molecule has 0 aromatic heterocycles. The number of rotatable bonds is 7. The number of amides is 1. The number of nitrogens with one attached hydrogen (secondary N) is 1. The molecule has 2 N–H and O–H groups in total. The summed E-state index contributed by atoms with van der Waals surface area (Å²) in [5, 5.41) is 8.12. The molecular weight excluding hydrogens is 158 g/mol. The van der Waals surface area contributed by atoms with Crippen molar-refractivity contribution >= 4 is 6.09 Å². The summed E-state index contributed by atoms with van der Waals surface area (Å²) in [6.07, 6.45) is 4.55. The minimum Gasteiger partial charge on any atom is -0.464 e. The van der Waals surface area contributed by atoms with Crippen LogP contribution in [0.1, 0.15) is 39.0 Å². The Morgan fingerprint density at radius 3 is 2.58 bits per heavy atom. The smallest absolute Gasteiger partial charge is 0.428 e. The summed E-state index contributed by atoms with van der Waals surface area (Å²) in [4.78, 5) is 14.5. The van der Waals surface area contributed by atoms with Crippen molar-refractivity contribution < 1.29 is 14.7 Å². The summed E-state index contributed by atoms with van der Waals surface area (Å²) in [5.74, 6) is 0. The van der Waals surface area contributed by atoms with Gasteiger partial charge in [0.05, 0.1) is 6.61 Å². The molecule has 4 nitrogen and oxygen atoms in total. The Hall–Kier alpha value is -0.770. The van der Waals surface area contributed by atoms with Gasteiger partial charge in [-0.2, -0.15) is 5.48 Å². The predicted molar refractivity (Wildman–Crippen MR) is 45.9 cm³/mol. The highest BCUT2D eigenvalue weighted by molar-refractivity contribution is 5.62. The Bertz CT molecular complexity index is 117. The minimum absolute atomic E-state index is 0.468. The van der Waals surface area contributed by atoms with E-state index in [1.807, 2.05) is 5.48 Å². The molecular formula is C8H17NO3. The van der Waals surface area contributed by atoms with Crippen molar-refractivity contribution in [3.05, 3.63) is 0 Å². The average Bonchev–Trinajstić information content (AvgIpc) is 2.02. The van der Waals surface area contributed by atoms with Gasteiger partial charge >= 0.3 is 6.09 Å². The number of hydrogen-bond acceptors (Lipinski definition) is 2. The van der Waals surface area contributed by atoms with Crippen molar-refractivity contribution in [2.75, 3.05) is 6.61 Å². The maximum atomic E-state index is 9.90. The van der Waals surface area contributed by atoms with Crippen LogP contribution >= 0.6 is 0 Å². The molecule has 0 unspecified atom stereocenters. The first-order valence-electron chi connectivity index (χ1n) is 4.38. The van der Waals surface area contributed by atoms with Crippen LogP contribution in [0.2, 0.25) is 0 Å². The van der Waals surface area contributed by atoms with E-state index in [2.05, 4.69) is 11.8 Å². The highest BCUT2D eigenvalue weighted by Crippen LogP contribution is 2.01. The van der Waals surface area contributed by atoms with Gasteiger partial charge in [0.2, 0.25) is 0 Å². The van der Waals surface area contributed by atoms with E-state index < -0.39 is 6.09 Å². The highest BCUT2D eigenvalue weighted by atomic mass is 16.7. The summed E-state index contributed by atoms with van der Waals surface area (Å²) in [7, 11) is 0. The lowest BCUT2D eigenvalue weighted by molar-refractivity contribution is 0.0401. The number of unbranched alkanes of at least 4 members (excludes halogenated alkanes) is 4. The van der Waals surface area contributed by atoms with Crippen molar-refractivity contribution in [3.8, 4) is 0 Å². The summed E-state index contributed by atoms with van der Waals surface area (Å²) in [6, 6.07) is 0.